The van der Waals surface area contributed by atoms with Crippen molar-refractivity contribution in [2.75, 3.05) is 0 Å². The average molecular weight is 360 g/mol. The number of carboxylic acid groups (broad SMARTS) is 1. The Morgan fingerprint density at radius 3 is 2.15 bits per heavy atom. The summed E-state index contributed by atoms with van der Waals surface area (Å²) in [7, 11) is 0. The summed E-state index contributed by atoms with van der Waals surface area (Å²) >= 11 is 0. The van der Waals surface area contributed by atoms with Crippen molar-refractivity contribution in [3.8, 4) is 0 Å². The number of aliphatic carboxylic acids is 1. The first-order valence-electron chi connectivity index (χ1n) is 9.22. The van der Waals surface area contributed by atoms with Crippen LogP contribution in [0.3, 0.4) is 0 Å². The third kappa shape index (κ3) is 18.0. The van der Waals surface area contributed by atoms with Crippen LogP contribution < -0.4 is 0 Å². The molecule has 0 fully saturated rings. The zero-order valence-corrected chi connectivity index (χ0v) is 15.6. The van der Waals surface area contributed by atoms with Gasteiger partial charge in [0, 0.05) is 6.08 Å². The molecule has 0 aromatic rings. The fourth-order valence-corrected chi connectivity index (χ4v) is 2.12. The fourth-order valence-electron chi connectivity index (χ4n) is 2.12. The Bertz CT molecular complexity index is 536. The molecule has 26 heavy (non-hydrogen) atoms. The highest BCUT2D eigenvalue weighted by atomic mass is 16.4. The molecule has 0 amide bonds. The maximum atomic E-state index is 10.2. The third-order valence-electron chi connectivity index (χ3n) is 3.52. The van der Waals surface area contributed by atoms with Crippen LogP contribution in [0.5, 0.6) is 0 Å². The Labute approximate surface area is 157 Å². The van der Waals surface area contributed by atoms with Crippen LogP contribution in [-0.4, -0.2) is 27.4 Å². The van der Waals surface area contributed by atoms with Gasteiger partial charge in [-0.3, -0.25) is 0 Å². The first-order chi connectivity index (χ1) is 12.6. The van der Waals surface area contributed by atoms with E-state index in [4.69, 9.17) is 5.11 Å². The molecule has 4 nitrogen and oxygen atoms in total. The first kappa shape index (κ1) is 23.7. The van der Waals surface area contributed by atoms with Gasteiger partial charge in [-0.2, -0.15) is 0 Å². The van der Waals surface area contributed by atoms with Crippen molar-refractivity contribution in [2.45, 2.75) is 58.0 Å². The lowest BCUT2D eigenvalue weighted by molar-refractivity contribution is -0.131. The summed E-state index contributed by atoms with van der Waals surface area (Å²) in [4.78, 5) is 10.2. The lowest BCUT2D eigenvalue weighted by atomic mass is 10.1. The zero-order chi connectivity index (χ0) is 19.5. The third-order valence-corrected chi connectivity index (χ3v) is 3.52. The number of rotatable bonds is 14. The Balaban J connectivity index is 3.96. The summed E-state index contributed by atoms with van der Waals surface area (Å²) in [6.07, 6.45) is 24.9. The number of hydrogen-bond acceptors (Lipinski definition) is 3. The number of carboxylic acids is 1. The monoisotopic (exact) mass is 360 g/mol. The van der Waals surface area contributed by atoms with Crippen LogP contribution in [0, 0.1) is 0 Å². The van der Waals surface area contributed by atoms with E-state index in [0.717, 1.165) is 18.9 Å². The van der Waals surface area contributed by atoms with Crippen LogP contribution >= 0.6 is 0 Å². The highest BCUT2D eigenvalue weighted by Gasteiger charge is 1.97. The minimum Gasteiger partial charge on any atom is -0.508 e. The number of allylic oxidation sites excluding steroid dienone is 9. The van der Waals surface area contributed by atoms with Crippen LogP contribution in [0.25, 0.3) is 0 Å². The molecule has 0 aliphatic heterocycles. The molecule has 0 rings (SSSR count). The summed E-state index contributed by atoms with van der Waals surface area (Å²) in [6, 6.07) is 0. The summed E-state index contributed by atoms with van der Waals surface area (Å²) in [6.45, 7) is 2.20. The molecule has 0 bridgehead atoms. The summed E-state index contributed by atoms with van der Waals surface area (Å²) in [5.74, 6) is -0.959. The van der Waals surface area contributed by atoms with Gasteiger partial charge in [0.15, 0.2) is 0 Å². The van der Waals surface area contributed by atoms with Crippen LogP contribution in [-0.2, 0) is 4.79 Å². The predicted molar refractivity (Wildman–Crippen MR) is 108 cm³/mol. The van der Waals surface area contributed by atoms with E-state index in [-0.39, 0.29) is 5.76 Å². The Morgan fingerprint density at radius 2 is 1.42 bits per heavy atom. The standard InChI is InChI=1S/C22H32O4/c1-2-3-4-5-6-10-15-20(23)16-11-7-8-12-17-21(24)18-13-9-14-19-22(25)26/h7-9,11-14,16-20,23-24H,2-6,10,15H2,1H3,(H,25,26)/b8-7+,13-9+,16-11+,17-12+,19-14+,21-18-. The summed E-state index contributed by atoms with van der Waals surface area (Å²) in [5.41, 5.74) is 0. The maximum absolute atomic E-state index is 10.2. The summed E-state index contributed by atoms with van der Waals surface area (Å²) in [5, 5.41) is 27.8. The van der Waals surface area contributed by atoms with Gasteiger partial charge in [0.2, 0.25) is 0 Å². The van der Waals surface area contributed by atoms with Gasteiger partial charge in [-0.25, -0.2) is 4.79 Å². The second-order valence-electron chi connectivity index (χ2n) is 5.93. The van der Waals surface area contributed by atoms with Gasteiger partial charge in [-0.05, 0) is 18.6 Å². The second kappa shape index (κ2) is 17.5. The molecule has 4 heteroatoms. The molecule has 1 atom stereocenters. The fraction of sp³-hybridized carbons (Fsp3) is 0.409. The Morgan fingerprint density at radius 1 is 0.808 bits per heavy atom. The molecule has 3 N–H and O–H groups in total. The zero-order valence-electron chi connectivity index (χ0n) is 15.6. The van der Waals surface area contributed by atoms with Crippen LogP contribution in [0.2, 0.25) is 0 Å². The number of carbonyl (C=O) groups is 1. The largest absolute Gasteiger partial charge is 0.508 e. The minimum atomic E-state index is -1.02. The Hall–Kier alpha value is -2.33. The molecule has 0 spiro atoms. The number of aliphatic hydroxyl groups is 2. The van der Waals surface area contributed by atoms with Gasteiger partial charge in [-0.1, -0.05) is 94.1 Å². The van der Waals surface area contributed by atoms with Gasteiger partial charge in [0.1, 0.15) is 5.76 Å². The van der Waals surface area contributed by atoms with Crippen LogP contribution in [0.15, 0.2) is 72.6 Å². The Kier molecular flexibility index (Phi) is 15.9. The maximum Gasteiger partial charge on any atom is 0.328 e. The normalized spacial score (nSPS) is 14.6. The van der Waals surface area contributed by atoms with E-state index in [1.165, 1.54) is 56.4 Å². The van der Waals surface area contributed by atoms with Crippen molar-refractivity contribution in [3.63, 3.8) is 0 Å². The topological polar surface area (TPSA) is 77.8 Å². The van der Waals surface area contributed by atoms with Gasteiger partial charge < -0.3 is 15.3 Å². The summed E-state index contributed by atoms with van der Waals surface area (Å²) < 4.78 is 0. The predicted octanol–water partition coefficient (Wildman–Crippen LogP) is 5.41. The molecule has 0 aromatic carbocycles. The molecular weight excluding hydrogens is 328 g/mol. The van der Waals surface area contributed by atoms with E-state index in [0.29, 0.717) is 0 Å². The molecule has 0 aromatic heterocycles. The SMILES string of the molecule is CCCCCCCCC(O)/C=C/C=C/C=C/C(O)=C/C=C/C=C/C(=O)O. The molecule has 0 saturated carbocycles. The smallest absolute Gasteiger partial charge is 0.328 e. The number of unbranched alkanes of at least 4 members (excludes halogenated alkanes) is 5. The van der Waals surface area contributed by atoms with E-state index in [1.807, 2.05) is 0 Å². The lowest BCUT2D eigenvalue weighted by Gasteiger charge is -2.04. The van der Waals surface area contributed by atoms with Crippen molar-refractivity contribution in [3.05, 3.63) is 72.6 Å². The van der Waals surface area contributed by atoms with E-state index in [9.17, 15) is 15.0 Å². The molecule has 0 aliphatic carbocycles. The van der Waals surface area contributed by atoms with Gasteiger partial charge in [-0.15, -0.1) is 0 Å². The van der Waals surface area contributed by atoms with Crippen molar-refractivity contribution in [2.24, 2.45) is 0 Å². The molecular formula is C22H32O4. The van der Waals surface area contributed by atoms with Crippen LogP contribution in [0.1, 0.15) is 51.9 Å². The van der Waals surface area contributed by atoms with Crippen molar-refractivity contribution < 1.29 is 20.1 Å². The van der Waals surface area contributed by atoms with E-state index < -0.39 is 12.1 Å². The van der Waals surface area contributed by atoms with Crippen molar-refractivity contribution >= 4 is 5.97 Å². The molecule has 0 radical (unpaired) electrons. The minimum absolute atomic E-state index is 0.0571. The van der Waals surface area contributed by atoms with E-state index in [2.05, 4.69) is 6.92 Å². The molecule has 0 heterocycles. The molecule has 0 aliphatic rings. The quantitative estimate of drug-likeness (QED) is 0.168. The number of aliphatic hydroxyl groups excluding tert-OH is 2. The second-order valence-corrected chi connectivity index (χ2v) is 5.93. The van der Waals surface area contributed by atoms with Crippen LogP contribution in [0.4, 0.5) is 0 Å². The van der Waals surface area contributed by atoms with Gasteiger partial charge in [0.25, 0.3) is 0 Å². The lowest BCUT2D eigenvalue weighted by Crippen LogP contribution is -2.01. The first-order valence-corrected chi connectivity index (χ1v) is 9.22. The highest BCUT2D eigenvalue weighted by molar-refractivity contribution is 5.80. The van der Waals surface area contributed by atoms with Gasteiger partial charge in [0.05, 0.1) is 6.10 Å². The van der Waals surface area contributed by atoms with Crippen molar-refractivity contribution in [1.82, 2.24) is 0 Å². The average Bonchev–Trinajstić information content (AvgIpc) is 2.60. The van der Waals surface area contributed by atoms with E-state index >= 15 is 0 Å². The highest BCUT2D eigenvalue weighted by Crippen LogP contribution is 2.09. The van der Waals surface area contributed by atoms with Gasteiger partial charge >= 0.3 is 5.97 Å². The molecule has 0 saturated heterocycles. The number of hydrogen-bond donors (Lipinski definition) is 3. The van der Waals surface area contributed by atoms with Crippen molar-refractivity contribution in [1.29, 1.82) is 0 Å². The van der Waals surface area contributed by atoms with E-state index in [1.54, 1.807) is 36.5 Å². The molecule has 144 valence electrons. The molecule has 1 unspecified atom stereocenters.